The van der Waals surface area contributed by atoms with Gasteiger partial charge in [-0.25, -0.2) is 4.39 Å². The summed E-state index contributed by atoms with van der Waals surface area (Å²) < 4.78 is 13.2. The van der Waals surface area contributed by atoms with Crippen molar-refractivity contribution in [2.24, 2.45) is 5.92 Å². The molecule has 2 atom stereocenters. The first kappa shape index (κ1) is 10.9. The molecule has 2 nitrogen and oxygen atoms in total. The Balaban J connectivity index is 2.19. The number of hydrogen-bond acceptors (Lipinski definition) is 2. The minimum Gasteiger partial charge on any atom is -0.317 e. The minimum atomic E-state index is -0.665. The van der Waals surface area contributed by atoms with Crippen LogP contribution in [0.5, 0.6) is 0 Å². The van der Waals surface area contributed by atoms with Gasteiger partial charge in [0.25, 0.3) is 0 Å². The van der Waals surface area contributed by atoms with Gasteiger partial charge in [0.1, 0.15) is 6.17 Å². The Morgan fingerprint density at radius 2 is 2.38 bits per heavy atom. The molecule has 1 heterocycles. The molecule has 0 aliphatic carbocycles. The highest BCUT2D eigenvalue weighted by Crippen LogP contribution is 2.20. The predicted octanol–water partition coefficient (Wildman–Crippen LogP) is 1.28. The first-order valence-corrected chi connectivity index (χ1v) is 5.19. The summed E-state index contributed by atoms with van der Waals surface area (Å²) in [7, 11) is 3.93. The lowest BCUT2D eigenvalue weighted by Gasteiger charge is -2.30. The van der Waals surface area contributed by atoms with Gasteiger partial charge in [-0.15, -0.1) is 0 Å². The molecular weight excluding hydrogens is 167 g/mol. The molecule has 2 unspecified atom stereocenters. The van der Waals surface area contributed by atoms with Crippen molar-refractivity contribution >= 4 is 0 Å². The average molecular weight is 188 g/mol. The Kier molecular flexibility index (Phi) is 4.67. The van der Waals surface area contributed by atoms with Crippen molar-refractivity contribution in [1.29, 1.82) is 0 Å². The molecule has 3 heteroatoms. The summed E-state index contributed by atoms with van der Waals surface area (Å²) in [5, 5.41) is 2.88. The summed E-state index contributed by atoms with van der Waals surface area (Å²) in [5.74, 6) is 0.571. The summed E-state index contributed by atoms with van der Waals surface area (Å²) in [6, 6.07) is 0. The molecule has 0 aromatic carbocycles. The molecular formula is C10H21FN2. The number of halogens is 1. The van der Waals surface area contributed by atoms with Crippen LogP contribution in [0.2, 0.25) is 0 Å². The molecule has 0 saturated carbocycles. The van der Waals surface area contributed by atoms with Crippen LogP contribution in [0.1, 0.15) is 19.3 Å². The van der Waals surface area contributed by atoms with E-state index in [1.807, 2.05) is 0 Å². The minimum absolute atomic E-state index is 0.500. The number of hydrogen-bond donors (Lipinski definition) is 1. The van der Waals surface area contributed by atoms with Gasteiger partial charge in [-0.3, -0.25) is 0 Å². The highest BCUT2D eigenvalue weighted by atomic mass is 19.1. The van der Waals surface area contributed by atoms with Crippen LogP contribution in [0, 0.1) is 5.92 Å². The fourth-order valence-corrected chi connectivity index (χ4v) is 2.13. The summed E-state index contributed by atoms with van der Waals surface area (Å²) in [5.41, 5.74) is 0. The van der Waals surface area contributed by atoms with Crippen molar-refractivity contribution in [2.75, 3.05) is 33.7 Å². The second-order valence-electron chi connectivity index (χ2n) is 4.16. The Labute approximate surface area is 80.5 Å². The SMILES string of the molecule is CNCC(F)CC1CCCN(C)C1. The third-order valence-electron chi connectivity index (χ3n) is 2.74. The number of nitrogens with zero attached hydrogens (tertiary/aromatic N) is 1. The second kappa shape index (κ2) is 5.55. The van der Waals surface area contributed by atoms with Gasteiger partial charge in [0, 0.05) is 13.1 Å². The van der Waals surface area contributed by atoms with E-state index in [0.29, 0.717) is 12.5 Å². The maximum absolute atomic E-state index is 13.2. The normalized spacial score (nSPS) is 27.5. The highest BCUT2D eigenvalue weighted by molar-refractivity contribution is 4.74. The van der Waals surface area contributed by atoms with Crippen LogP contribution in [-0.2, 0) is 0 Å². The maximum Gasteiger partial charge on any atom is 0.113 e. The number of alkyl halides is 1. The van der Waals surface area contributed by atoms with E-state index in [1.165, 1.54) is 19.4 Å². The molecule has 1 aliphatic heterocycles. The lowest BCUT2D eigenvalue weighted by atomic mass is 9.93. The van der Waals surface area contributed by atoms with Gasteiger partial charge >= 0.3 is 0 Å². The predicted molar refractivity (Wildman–Crippen MR) is 53.7 cm³/mol. The fourth-order valence-electron chi connectivity index (χ4n) is 2.13. The number of piperidine rings is 1. The van der Waals surface area contributed by atoms with E-state index in [9.17, 15) is 4.39 Å². The third-order valence-corrected chi connectivity index (χ3v) is 2.74. The van der Waals surface area contributed by atoms with Crippen LogP contribution in [0.3, 0.4) is 0 Å². The highest BCUT2D eigenvalue weighted by Gasteiger charge is 2.20. The Hall–Kier alpha value is -0.150. The molecule has 78 valence electrons. The Morgan fingerprint density at radius 3 is 3.00 bits per heavy atom. The third kappa shape index (κ3) is 4.05. The molecule has 13 heavy (non-hydrogen) atoms. The molecule has 1 N–H and O–H groups in total. The molecule has 0 bridgehead atoms. The molecule has 1 aliphatic rings. The number of likely N-dealkylation sites (tertiary alicyclic amines) is 1. The van der Waals surface area contributed by atoms with Gasteiger partial charge in [-0.05, 0) is 45.8 Å². The quantitative estimate of drug-likeness (QED) is 0.715. The van der Waals surface area contributed by atoms with Gasteiger partial charge in [-0.2, -0.15) is 0 Å². The monoisotopic (exact) mass is 188 g/mol. The van der Waals surface area contributed by atoms with Crippen LogP contribution in [0.4, 0.5) is 4.39 Å². The van der Waals surface area contributed by atoms with E-state index in [2.05, 4.69) is 17.3 Å². The van der Waals surface area contributed by atoms with Crippen molar-refractivity contribution in [3.63, 3.8) is 0 Å². The van der Waals surface area contributed by atoms with E-state index in [-0.39, 0.29) is 0 Å². The topological polar surface area (TPSA) is 15.3 Å². The second-order valence-corrected chi connectivity index (χ2v) is 4.16. The zero-order chi connectivity index (χ0) is 9.68. The molecule has 0 spiro atoms. The first-order valence-electron chi connectivity index (χ1n) is 5.19. The van der Waals surface area contributed by atoms with Gasteiger partial charge in [-0.1, -0.05) is 0 Å². The van der Waals surface area contributed by atoms with Crippen LogP contribution >= 0.6 is 0 Å². The lowest BCUT2D eigenvalue weighted by molar-refractivity contribution is 0.166. The molecule has 1 rings (SSSR count). The molecule has 0 radical (unpaired) electrons. The first-order chi connectivity index (χ1) is 6.22. The zero-order valence-corrected chi connectivity index (χ0v) is 8.72. The molecule has 0 aromatic heterocycles. The van der Waals surface area contributed by atoms with Gasteiger partial charge < -0.3 is 10.2 Å². The van der Waals surface area contributed by atoms with Gasteiger partial charge in [0.15, 0.2) is 0 Å². The fraction of sp³-hybridized carbons (Fsp3) is 1.00. The Morgan fingerprint density at radius 1 is 1.62 bits per heavy atom. The molecule has 0 aromatic rings. The van der Waals surface area contributed by atoms with E-state index in [1.54, 1.807) is 7.05 Å². The van der Waals surface area contributed by atoms with Crippen molar-refractivity contribution in [2.45, 2.75) is 25.4 Å². The number of nitrogens with one attached hydrogen (secondary N) is 1. The lowest BCUT2D eigenvalue weighted by Crippen LogP contribution is -2.34. The maximum atomic E-state index is 13.2. The standard InChI is InChI=1S/C10H21FN2/c1-12-7-10(11)6-9-4-3-5-13(2)8-9/h9-10,12H,3-8H2,1-2H3. The summed E-state index contributed by atoms with van der Waals surface area (Å²) >= 11 is 0. The van der Waals surface area contributed by atoms with Crippen molar-refractivity contribution in [1.82, 2.24) is 10.2 Å². The molecule has 0 amide bonds. The summed E-state index contributed by atoms with van der Waals surface area (Å²) in [6.45, 7) is 2.75. The smallest absolute Gasteiger partial charge is 0.113 e. The largest absolute Gasteiger partial charge is 0.317 e. The molecule has 1 fully saturated rings. The van der Waals surface area contributed by atoms with Crippen molar-refractivity contribution in [3.05, 3.63) is 0 Å². The molecule has 1 saturated heterocycles. The van der Waals surface area contributed by atoms with Crippen LogP contribution < -0.4 is 5.32 Å². The van der Waals surface area contributed by atoms with Crippen molar-refractivity contribution < 1.29 is 4.39 Å². The zero-order valence-electron chi connectivity index (χ0n) is 8.72. The summed E-state index contributed by atoms with van der Waals surface area (Å²) in [4.78, 5) is 2.31. The van der Waals surface area contributed by atoms with Crippen LogP contribution in [0.15, 0.2) is 0 Å². The summed E-state index contributed by atoms with van der Waals surface area (Å²) in [6.07, 6.45) is 2.49. The van der Waals surface area contributed by atoms with Gasteiger partial charge in [0.2, 0.25) is 0 Å². The van der Waals surface area contributed by atoms with Crippen LogP contribution in [-0.4, -0.2) is 44.8 Å². The number of rotatable bonds is 4. The van der Waals surface area contributed by atoms with Crippen LogP contribution in [0.25, 0.3) is 0 Å². The van der Waals surface area contributed by atoms with E-state index in [4.69, 9.17) is 0 Å². The van der Waals surface area contributed by atoms with E-state index in [0.717, 1.165) is 13.0 Å². The van der Waals surface area contributed by atoms with Crippen molar-refractivity contribution in [3.8, 4) is 0 Å². The average Bonchev–Trinajstić information content (AvgIpc) is 2.04. The Bertz CT molecular complexity index is 141. The van der Waals surface area contributed by atoms with Gasteiger partial charge in [0.05, 0.1) is 0 Å². The van der Waals surface area contributed by atoms with E-state index >= 15 is 0 Å². The van der Waals surface area contributed by atoms with E-state index < -0.39 is 6.17 Å².